The molecule has 0 radical (unpaired) electrons. The second-order valence-corrected chi connectivity index (χ2v) is 10.7. The average Bonchev–Trinajstić information content (AvgIpc) is 3.18. The van der Waals surface area contributed by atoms with E-state index in [1.54, 1.807) is 18.2 Å². The van der Waals surface area contributed by atoms with Crippen LogP contribution in [0.15, 0.2) is 48.7 Å². The molecule has 3 aromatic rings. The van der Waals surface area contributed by atoms with Crippen LogP contribution in [0.5, 0.6) is 5.75 Å². The van der Waals surface area contributed by atoms with E-state index in [2.05, 4.69) is 23.0 Å². The molecule has 0 N–H and O–H groups in total. The van der Waals surface area contributed by atoms with Crippen LogP contribution in [-0.4, -0.2) is 90.3 Å². The van der Waals surface area contributed by atoms with Gasteiger partial charge in [0, 0.05) is 75.0 Å². The summed E-state index contributed by atoms with van der Waals surface area (Å²) in [4.78, 5) is 19.9. The molecule has 1 unspecified atom stereocenters. The first-order valence-electron chi connectivity index (χ1n) is 12.7. The van der Waals surface area contributed by atoms with E-state index in [0.717, 1.165) is 49.2 Å². The molecule has 0 spiro atoms. The van der Waals surface area contributed by atoms with E-state index < -0.39 is 5.60 Å². The normalized spacial score (nSPS) is 21.5. The van der Waals surface area contributed by atoms with E-state index in [1.165, 1.54) is 6.07 Å². The minimum atomic E-state index is -0.797. The van der Waals surface area contributed by atoms with Crippen molar-refractivity contribution in [3.8, 4) is 5.75 Å². The number of rotatable bonds is 7. The van der Waals surface area contributed by atoms with Gasteiger partial charge in [0.25, 0.3) is 0 Å². The third kappa shape index (κ3) is 6.09. The Hall–Kier alpha value is -2.65. The summed E-state index contributed by atoms with van der Waals surface area (Å²) in [6.45, 7) is 5.78. The SMILES string of the molecule is CN1CCN(C(=O)CC2(COc3ccc(Cl)cc3)CN(Cc3cn(C)c4ccc(F)cc34)CCO2)CC1. The molecule has 0 aliphatic carbocycles. The molecule has 1 amide bonds. The fourth-order valence-electron chi connectivity index (χ4n) is 5.31. The maximum Gasteiger partial charge on any atom is 0.225 e. The lowest BCUT2D eigenvalue weighted by Gasteiger charge is -2.43. The zero-order chi connectivity index (χ0) is 26.0. The van der Waals surface area contributed by atoms with Gasteiger partial charge in [-0.3, -0.25) is 9.69 Å². The Labute approximate surface area is 222 Å². The molecule has 2 aliphatic heterocycles. The molecule has 1 atom stereocenters. The molecule has 2 saturated heterocycles. The number of carbonyl (C=O) groups is 1. The third-order valence-electron chi connectivity index (χ3n) is 7.40. The number of ether oxygens (including phenoxy) is 2. The average molecular weight is 529 g/mol. The first-order chi connectivity index (χ1) is 17.8. The van der Waals surface area contributed by atoms with Crippen LogP contribution in [0.3, 0.4) is 0 Å². The molecule has 7 nitrogen and oxygen atoms in total. The number of halogens is 2. The largest absolute Gasteiger partial charge is 0.491 e. The first-order valence-corrected chi connectivity index (χ1v) is 13.1. The molecule has 0 bridgehead atoms. The molecule has 1 aromatic heterocycles. The molecular formula is C28H34ClFN4O3. The summed E-state index contributed by atoms with van der Waals surface area (Å²) in [6, 6.07) is 12.1. The number of aromatic nitrogens is 1. The van der Waals surface area contributed by atoms with Crippen molar-refractivity contribution < 1.29 is 18.7 Å². The molecule has 9 heteroatoms. The molecular weight excluding hydrogens is 495 g/mol. The summed E-state index contributed by atoms with van der Waals surface area (Å²) in [5.74, 6) is 0.522. The van der Waals surface area contributed by atoms with Gasteiger partial charge in [0.2, 0.25) is 5.91 Å². The number of fused-ring (bicyclic) bond motifs is 1. The minimum absolute atomic E-state index is 0.0851. The third-order valence-corrected chi connectivity index (χ3v) is 7.65. The number of amides is 1. The van der Waals surface area contributed by atoms with Crippen molar-refractivity contribution in [2.45, 2.75) is 18.6 Å². The molecule has 37 heavy (non-hydrogen) atoms. The summed E-state index contributed by atoms with van der Waals surface area (Å²) < 4.78 is 28.6. The van der Waals surface area contributed by atoms with Crippen molar-refractivity contribution in [3.05, 3.63) is 65.1 Å². The standard InChI is InChI=1S/C28H34ClFN4O3/c1-31-9-11-34(12-10-31)27(35)16-28(20-36-24-6-3-22(29)4-7-24)19-33(13-14-37-28)18-21-17-32(2)26-8-5-23(30)15-25(21)26/h3-8,15,17H,9-14,16,18-20H2,1-2H3. The first kappa shape index (κ1) is 26.0. The van der Waals surface area contributed by atoms with Gasteiger partial charge in [0.15, 0.2) is 0 Å². The van der Waals surface area contributed by atoms with Gasteiger partial charge >= 0.3 is 0 Å². The summed E-state index contributed by atoms with van der Waals surface area (Å²) >= 11 is 6.04. The summed E-state index contributed by atoms with van der Waals surface area (Å²) in [5.41, 5.74) is 1.25. The van der Waals surface area contributed by atoms with E-state index in [-0.39, 0.29) is 24.8 Å². The lowest BCUT2D eigenvalue weighted by Crippen LogP contribution is -2.58. The van der Waals surface area contributed by atoms with Gasteiger partial charge < -0.3 is 23.8 Å². The van der Waals surface area contributed by atoms with Crippen molar-refractivity contribution in [3.63, 3.8) is 0 Å². The van der Waals surface area contributed by atoms with Gasteiger partial charge in [0.1, 0.15) is 23.8 Å². The van der Waals surface area contributed by atoms with E-state index >= 15 is 0 Å². The smallest absolute Gasteiger partial charge is 0.225 e. The number of nitrogens with zero attached hydrogens (tertiary/aromatic N) is 4. The highest BCUT2D eigenvalue weighted by molar-refractivity contribution is 6.30. The second-order valence-electron chi connectivity index (χ2n) is 10.3. The zero-order valence-corrected chi connectivity index (χ0v) is 22.2. The van der Waals surface area contributed by atoms with Gasteiger partial charge in [0.05, 0.1) is 13.0 Å². The van der Waals surface area contributed by atoms with Gasteiger partial charge in [-0.05, 0) is 55.1 Å². The van der Waals surface area contributed by atoms with Crippen molar-refractivity contribution >= 4 is 28.4 Å². The molecule has 198 valence electrons. The molecule has 3 heterocycles. The number of piperazine rings is 1. The van der Waals surface area contributed by atoms with Crippen molar-refractivity contribution in [1.82, 2.24) is 19.3 Å². The fourth-order valence-corrected chi connectivity index (χ4v) is 5.43. The number of benzene rings is 2. The Morgan fingerprint density at radius 2 is 1.84 bits per heavy atom. The molecule has 5 rings (SSSR count). The molecule has 2 fully saturated rings. The maximum atomic E-state index is 14.0. The van der Waals surface area contributed by atoms with E-state index in [0.29, 0.717) is 30.5 Å². The highest BCUT2D eigenvalue weighted by Crippen LogP contribution is 2.29. The Morgan fingerprint density at radius 3 is 2.59 bits per heavy atom. The number of likely N-dealkylation sites (N-methyl/N-ethyl adjacent to an activating group) is 1. The second kappa shape index (κ2) is 11.0. The minimum Gasteiger partial charge on any atom is -0.491 e. The maximum absolute atomic E-state index is 14.0. The van der Waals surface area contributed by atoms with E-state index in [4.69, 9.17) is 21.1 Å². The van der Waals surface area contributed by atoms with Gasteiger partial charge in [-0.15, -0.1) is 0 Å². The highest BCUT2D eigenvalue weighted by Gasteiger charge is 2.41. The van der Waals surface area contributed by atoms with Gasteiger partial charge in [-0.1, -0.05) is 11.6 Å². The van der Waals surface area contributed by atoms with Crippen LogP contribution in [0.25, 0.3) is 10.9 Å². The van der Waals surface area contributed by atoms with Crippen LogP contribution in [0, 0.1) is 5.82 Å². The lowest BCUT2D eigenvalue weighted by atomic mass is 9.96. The Bertz CT molecular complexity index is 1240. The van der Waals surface area contributed by atoms with Crippen molar-refractivity contribution in [2.24, 2.45) is 7.05 Å². The molecule has 2 aliphatic rings. The summed E-state index contributed by atoms with van der Waals surface area (Å²) in [6.07, 6.45) is 2.30. The van der Waals surface area contributed by atoms with Crippen LogP contribution in [0.4, 0.5) is 4.39 Å². The highest BCUT2D eigenvalue weighted by atomic mass is 35.5. The quantitative estimate of drug-likeness (QED) is 0.467. The topological polar surface area (TPSA) is 50.2 Å². The number of hydrogen-bond donors (Lipinski definition) is 0. The number of morpholine rings is 1. The van der Waals surface area contributed by atoms with Crippen LogP contribution in [0.1, 0.15) is 12.0 Å². The van der Waals surface area contributed by atoms with Crippen molar-refractivity contribution in [2.75, 3.05) is 59.5 Å². The zero-order valence-electron chi connectivity index (χ0n) is 21.5. The van der Waals surface area contributed by atoms with Crippen LogP contribution in [0.2, 0.25) is 5.02 Å². The predicted molar refractivity (Wildman–Crippen MR) is 142 cm³/mol. The molecule has 0 saturated carbocycles. The number of carbonyl (C=O) groups excluding carboxylic acids is 1. The Kier molecular flexibility index (Phi) is 7.72. The van der Waals surface area contributed by atoms with E-state index in [9.17, 15) is 9.18 Å². The number of aryl methyl sites for hydroxylation is 1. The van der Waals surface area contributed by atoms with E-state index in [1.807, 2.05) is 34.7 Å². The predicted octanol–water partition coefficient (Wildman–Crippen LogP) is 3.78. The number of hydrogen-bond acceptors (Lipinski definition) is 5. The van der Waals surface area contributed by atoms with Crippen molar-refractivity contribution in [1.29, 1.82) is 0 Å². The molecule has 2 aromatic carbocycles. The van der Waals surface area contributed by atoms with Crippen LogP contribution in [-0.2, 0) is 23.1 Å². The summed E-state index contributed by atoms with van der Waals surface area (Å²) in [5, 5.41) is 1.55. The monoisotopic (exact) mass is 528 g/mol. The summed E-state index contributed by atoms with van der Waals surface area (Å²) in [7, 11) is 4.05. The van der Waals surface area contributed by atoms with Crippen LogP contribution < -0.4 is 4.74 Å². The Morgan fingerprint density at radius 1 is 1.08 bits per heavy atom. The van der Waals surface area contributed by atoms with Crippen LogP contribution >= 0.6 is 11.6 Å². The van der Waals surface area contributed by atoms with Gasteiger partial charge in [-0.25, -0.2) is 4.39 Å². The fraction of sp³-hybridized carbons (Fsp3) is 0.464. The lowest BCUT2D eigenvalue weighted by molar-refractivity contribution is -0.157. The Balaban J connectivity index is 1.35. The van der Waals surface area contributed by atoms with Gasteiger partial charge in [-0.2, -0.15) is 0 Å².